The molecule has 0 aliphatic rings. The molecule has 1 aromatic carbocycles. The third-order valence-corrected chi connectivity index (χ3v) is 3.20. The fourth-order valence-electron chi connectivity index (χ4n) is 2.04. The minimum Gasteiger partial charge on any atom is -0.366 e. The fraction of sp³-hybridized carbons (Fsp3) is 0.125. The highest BCUT2D eigenvalue weighted by Crippen LogP contribution is 2.13. The average molecular weight is 282 g/mol. The number of benzene rings is 1. The number of rotatable bonds is 4. The third-order valence-electron chi connectivity index (χ3n) is 3.20. The number of halogens is 1. The van der Waals surface area contributed by atoms with Gasteiger partial charge >= 0.3 is 0 Å². The lowest BCUT2D eigenvalue weighted by atomic mass is 10.3. The van der Waals surface area contributed by atoms with Crippen LogP contribution < -0.4 is 5.32 Å². The summed E-state index contributed by atoms with van der Waals surface area (Å²) in [6, 6.07) is 10.2. The molecule has 1 N–H and O–H groups in total. The van der Waals surface area contributed by atoms with Crippen molar-refractivity contribution in [2.24, 2.45) is 0 Å². The SMILES string of the molecule is Cc1cccnc1NCc1cnn(-c2ccc(F)cc2)c1. The zero-order chi connectivity index (χ0) is 14.7. The van der Waals surface area contributed by atoms with Crippen LogP contribution >= 0.6 is 0 Å². The molecule has 5 heteroatoms. The van der Waals surface area contributed by atoms with Gasteiger partial charge in [0.1, 0.15) is 11.6 Å². The number of hydrogen-bond donors (Lipinski definition) is 1. The summed E-state index contributed by atoms with van der Waals surface area (Å²) in [5.41, 5.74) is 2.96. The van der Waals surface area contributed by atoms with Crippen molar-refractivity contribution in [3.63, 3.8) is 0 Å². The number of pyridine rings is 1. The Kier molecular flexibility index (Phi) is 3.64. The molecule has 0 aliphatic carbocycles. The number of nitrogens with zero attached hydrogens (tertiary/aromatic N) is 3. The number of hydrogen-bond acceptors (Lipinski definition) is 3. The molecule has 2 heterocycles. The smallest absolute Gasteiger partial charge is 0.129 e. The Bertz CT molecular complexity index is 734. The average Bonchev–Trinajstić information content (AvgIpc) is 2.96. The Morgan fingerprint density at radius 3 is 2.76 bits per heavy atom. The Balaban J connectivity index is 1.71. The second-order valence-corrected chi connectivity index (χ2v) is 4.79. The largest absolute Gasteiger partial charge is 0.366 e. The second-order valence-electron chi connectivity index (χ2n) is 4.79. The molecule has 0 unspecified atom stereocenters. The first-order valence-corrected chi connectivity index (χ1v) is 6.67. The van der Waals surface area contributed by atoms with Gasteiger partial charge in [-0.1, -0.05) is 6.07 Å². The molecule has 0 amide bonds. The first kappa shape index (κ1) is 13.3. The first-order valence-electron chi connectivity index (χ1n) is 6.67. The van der Waals surface area contributed by atoms with Crippen molar-refractivity contribution in [1.29, 1.82) is 0 Å². The van der Waals surface area contributed by atoms with Crippen molar-refractivity contribution in [3.05, 3.63) is 71.9 Å². The van der Waals surface area contributed by atoms with Gasteiger partial charge in [-0.15, -0.1) is 0 Å². The van der Waals surface area contributed by atoms with E-state index in [0.717, 1.165) is 22.6 Å². The molecule has 0 radical (unpaired) electrons. The van der Waals surface area contributed by atoms with Crippen molar-refractivity contribution in [3.8, 4) is 5.69 Å². The van der Waals surface area contributed by atoms with E-state index in [1.54, 1.807) is 29.2 Å². The Morgan fingerprint density at radius 2 is 2.00 bits per heavy atom. The van der Waals surface area contributed by atoms with Gasteiger partial charge in [0.2, 0.25) is 0 Å². The van der Waals surface area contributed by atoms with E-state index < -0.39 is 0 Å². The summed E-state index contributed by atoms with van der Waals surface area (Å²) in [7, 11) is 0. The van der Waals surface area contributed by atoms with Crippen LogP contribution in [0.4, 0.5) is 10.2 Å². The van der Waals surface area contributed by atoms with Crippen LogP contribution in [0.3, 0.4) is 0 Å². The van der Waals surface area contributed by atoms with E-state index in [9.17, 15) is 4.39 Å². The van der Waals surface area contributed by atoms with Gasteiger partial charge in [-0.25, -0.2) is 14.1 Å². The van der Waals surface area contributed by atoms with Crippen molar-refractivity contribution < 1.29 is 4.39 Å². The summed E-state index contributed by atoms with van der Waals surface area (Å²) in [6.07, 6.45) is 5.46. The zero-order valence-corrected chi connectivity index (χ0v) is 11.6. The first-order chi connectivity index (χ1) is 10.2. The second kappa shape index (κ2) is 5.75. The van der Waals surface area contributed by atoms with Crippen LogP contribution in [0.5, 0.6) is 0 Å². The van der Waals surface area contributed by atoms with Gasteiger partial charge in [-0.05, 0) is 42.8 Å². The van der Waals surface area contributed by atoms with E-state index in [1.165, 1.54) is 12.1 Å². The predicted molar refractivity (Wildman–Crippen MR) is 79.8 cm³/mol. The van der Waals surface area contributed by atoms with Crippen LogP contribution in [0.1, 0.15) is 11.1 Å². The third kappa shape index (κ3) is 3.08. The van der Waals surface area contributed by atoms with Gasteiger partial charge in [0.15, 0.2) is 0 Å². The van der Waals surface area contributed by atoms with E-state index in [0.29, 0.717) is 6.54 Å². The van der Waals surface area contributed by atoms with Crippen LogP contribution in [0.15, 0.2) is 55.0 Å². The van der Waals surface area contributed by atoms with E-state index in [1.807, 2.05) is 25.3 Å². The molecule has 0 fully saturated rings. The Labute approximate surface area is 122 Å². The summed E-state index contributed by atoms with van der Waals surface area (Å²) >= 11 is 0. The summed E-state index contributed by atoms with van der Waals surface area (Å²) in [4.78, 5) is 4.29. The molecule has 0 bridgehead atoms. The maximum Gasteiger partial charge on any atom is 0.129 e. The lowest BCUT2D eigenvalue weighted by Crippen LogP contribution is -2.02. The summed E-state index contributed by atoms with van der Waals surface area (Å²) in [6.45, 7) is 2.65. The predicted octanol–water partition coefficient (Wildman–Crippen LogP) is 3.33. The van der Waals surface area contributed by atoms with Gasteiger partial charge in [0.25, 0.3) is 0 Å². The van der Waals surface area contributed by atoms with Crippen molar-refractivity contribution >= 4 is 5.82 Å². The molecule has 106 valence electrons. The van der Waals surface area contributed by atoms with Crippen LogP contribution in [0.25, 0.3) is 5.69 Å². The summed E-state index contributed by atoms with van der Waals surface area (Å²) in [5.74, 6) is 0.616. The lowest BCUT2D eigenvalue weighted by Gasteiger charge is -2.06. The number of nitrogens with one attached hydrogen (secondary N) is 1. The molecule has 21 heavy (non-hydrogen) atoms. The monoisotopic (exact) mass is 282 g/mol. The number of aryl methyl sites for hydroxylation is 1. The number of aromatic nitrogens is 3. The molecule has 2 aromatic heterocycles. The maximum absolute atomic E-state index is 12.9. The fourth-order valence-corrected chi connectivity index (χ4v) is 2.04. The van der Waals surface area contributed by atoms with E-state index in [4.69, 9.17) is 0 Å². The highest BCUT2D eigenvalue weighted by molar-refractivity contribution is 5.43. The maximum atomic E-state index is 12.9. The molecular formula is C16H15FN4. The van der Waals surface area contributed by atoms with Gasteiger partial charge in [-0.2, -0.15) is 5.10 Å². The summed E-state index contributed by atoms with van der Waals surface area (Å²) in [5, 5.41) is 7.56. The van der Waals surface area contributed by atoms with E-state index >= 15 is 0 Å². The van der Waals surface area contributed by atoms with E-state index in [-0.39, 0.29) is 5.82 Å². The summed E-state index contributed by atoms with van der Waals surface area (Å²) < 4.78 is 14.6. The van der Waals surface area contributed by atoms with Crippen LogP contribution in [-0.4, -0.2) is 14.8 Å². The van der Waals surface area contributed by atoms with Gasteiger partial charge in [-0.3, -0.25) is 0 Å². The highest BCUT2D eigenvalue weighted by atomic mass is 19.1. The normalized spacial score (nSPS) is 10.6. The molecule has 4 nitrogen and oxygen atoms in total. The van der Waals surface area contributed by atoms with Crippen molar-refractivity contribution in [2.45, 2.75) is 13.5 Å². The number of anilines is 1. The van der Waals surface area contributed by atoms with Gasteiger partial charge < -0.3 is 5.32 Å². The molecule has 0 atom stereocenters. The Morgan fingerprint density at radius 1 is 1.19 bits per heavy atom. The Hall–Kier alpha value is -2.69. The highest BCUT2D eigenvalue weighted by Gasteiger charge is 2.03. The van der Waals surface area contributed by atoms with Crippen molar-refractivity contribution in [1.82, 2.24) is 14.8 Å². The van der Waals surface area contributed by atoms with Crippen molar-refractivity contribution in [2.75, 3.05) is 5.32 Å². The van der Waals surface area contributed by atoms with E-state index in [2.05, 4.69) is 15.4 Å². The zero-order valence-electron chi connectivity index (χ0n) is 11.6. The quantitative estimate of drug-likeness (QED) is 0.798. The standard InChI is InChI=1S/C16H15FN4/c1-12-3-2-8-18-16(12)19-9-13-10-20-21(11-13)15-6-4-14(17)5-7-15/h2-8,10-11H,9H2,1H3,(H,18,19). The minimum absolute atomic E-state index is 0.251. The van der Waals surface area contributed by atoms with Crippen LogP contribution in [0.2, 0.25) is 0 Å². The molecule has 0 saturated carbocycles. The molecular weight excluding hydrogens is 267 g/mol. The molecule has 3 rings (SSSR count). The van der Waals surface area contributed by atoms with Gasteiger partial charge in [0.05, 0.1) is 11.9 Å². The van der Waals surface area contributed by atoms with Gasteiger partial charge in [0, 0.05) is 24.5 Å². The lowest BCUT2D eigenvalue weighted by molar-refractivity contribution is 0.627. The van der Waals surface area contributed by atoms with Crippen LogP contribution in [-0.2, 0) is 6.54 Å². The van der Waals surface area contributed by atoms with Crippen LogP contribution in [0, 0.1) is 12.7 Å². The minimum atomic E-state index is -0.251. The molecule has 0 aliphatic heterocycles. The topological polar surface area (TPSA) is 42.7 Å². The molecule has 3 aromatic rings. The molecule has 0 saturated heterocycles. The molecule has 0 spiro atoms.